The van der Waals surface area contributed by atoms with Gasteiger partial charge in [0.1, 0.15) is 11.5 Å². The van der Waals surface area contributed by atoms with Crippen LogP contribution in [0.15, 0.2) is 52.5 Å². The maximum atomic E-state index is 12.1. The van der Waals surface area contributed by atoms with E-state index in [0.717, 1.165) is 5.56 Å². The van der Waals surface area contributed by atoms with E-state index >= 15 is 0 Å². The van der Waals surface area contributed by atoms with Crippen LogP contribution in [0, 0.1) is 6.92 Å². The molecule has 0 aliphatic heterocycles. The SMILES string of the molecule is COc1ccc(/C=N/NS(=O)(=O)c2ccc(C)cc2)c(OC)c1. The van der Waals surface area contributed by atoms with Gasteiger partial charge in [0, 0.05) is 11.6 Å². The fourth-order valence-electron chi connectivity index (χ4n) is 1.86. The van der Waals surface area contributed by atoms with E-state index in [2.05, 4.69) is 9.93 Å². The molecule has 122 valence electrons. The van der Waals surface area contributed by atoms with Crippen LogP contribution in [0.3, 0.4) is 0 Å². The van der Waals surface area contributed by atoms with Gasteiger partial charge >= 0.3 is 0 Å². The van der Waals surface area contributed by atoms with Gasteiger partial charge in [0.2, 0.25) is 0 Å². The van der Waals surface area contributed by atoms with Gasteiger partial charge in [0.15, 0.2) is 0 Å². The molecule has 2 aromatic rings. The molecule has 0 atom stereocenters. The third-order valence-electron chi connectivity index (χ3n) is 3.15. The maximum Gasteiger partial charge on any atom is 0.276 e. The molecule has 0 aliphatic rings. The first-order valence-corrected chi connectivity index (χ1v) is 8.28. The van der Waals surface area contributed by atoms with E-state index < -0.39 is 10.0 Å². The summed E-state index contributed by atoms with van der Waals surface area (Å²) in [5.74, 6) is 1.17. The first-order valence-electron chi connectivity index (χ1n) is 6.80. The Morgan fingerprint density at radius 2 is 1.74 bits per heavy atom. The van der Waals surface area contributed by atoms with Crippen LogP contribution in [0.2, 0.25) is 0 Å². The lowest BCUT2D eigenvalue weighted by Gasteiger charge is -2.07. The number of aryl methyl sites for hydroxylation is 1. The Kier molecular flexibility index (Phi) is 5.23. The average molecular weight is 334 g/mol. The van der Waals surface area contributed by atoms with Gasteiger partial charge in [-0.1, -0.05) is 17.7 Å². The molecule has 2 aromatic carbocycles. The van der Waals surface area contributed by atoms with Crippen LogP contribution in [0.1, 0.15) is 11.1 Å². The molecule has 2 rings (SSSR count). The minimum absolute atomic E-state index is 0.155. The highest BCUT2D eigenvalue weighted by Crippen LogP contribution is 2.23. The van der Waals surface area contributed by atoms with Crippen molar-refractivity contribution in [2.45, 2.75) is 11.8 Å². The van der Waals surface area contributed by atoms with E-state index in [4.69, 9.17) is 9.47 Å². The van der Waals surface area contributed by atoms with Crippen LogP contribution in [0.4, 0.5) is 0 Å². The molecule has 0 aromatic heterocycles. The zero-order valence-electron chi connectivity index (χ0n) is 13.1. The third kappa shape index (κ3) is 4.23. The molecular formula is C16H18N2O4S. The third-order valence-corrected chi connectivity index (χ3v) is 4.39. The summed E-state index contributed by atoms with van der Waals surface area (Å²) < 4.78 is 34.5. The van der Waals surface area contributed by atoms with E-state index in [1.165, 1.54) is 25.5 Å². The van der Waals surface area contributed by atoms with E-state index in [1.807, 2.05) is 6.92 Å². The van der Waals surface area contributed by atoms with Crippen molar-refractivity contribution in [3.63, 3.8) is 0 Å². The van der Waals surface area contributed by atoms with Crippen LogP contribution in [0.5, 0.6) is 11.5 Å². The Balaban J connectivity index is 2.16. The van der Waals surface area contributed by atoms with Gasteiger partial charge in [-0.25, -0.2) is 4.83 Å². The lowest BCUT2D eigenvalue weighted by molar-refractivity contribution is 0.394. The summed E-state index contributed by atoms with van der Waals surface area (Å²) in [6.07, 6.45) is 1.38. The summed E-state index contributed by atoms with van der Waals surface area (Å²) in [6.45, 7) is 1.89. The molecule has 0 aliphatic carbocycles. The quantitative estimate of drug-likeness (QED) is 0.650. The molecule has 23 heavy (non-hydrogen) atoms. The highest BCUT2D eigenvalue weighted by molar-refractivity contribution is 7.89. The van der Waals surface area contributed by atoms with Crippen molar-refractivity contribution in [3.05, 3.63) is 53.6 Å². The summed E-state index contributed by atoms with van der Waals surface area (Å²) in [5, 5.41) is 3.79. The maximum absolute atomic E-state index is 12.1. The smallest absolute Gasteiger partial charge is 0.276 e. The number of nitrogens with one attached hydrogen (secondary N) is 1. The summed E-state index contributed by atoms with van der Waals surface area (Å²) in [5.41, 5.74) is 1.61. The summed E-state index contributed by atoms with van der Waals surface area (Å²) in [7, 11) is -0.623. The normalized spacial score (nSPS) is 11.4. The Morgan fingerprint density at radius 1 is 1.04 bits per heavy atom. The predicted molar refractivity (Wildman–Crippen MR) is 88.6 cm³/mol. The number of rotatable bonds is 6. The summed E-state index contributed by atoms with van der Waals surface area (Å²) in [4.78, 5) is 2.33. The Labute approximate surface area is 135 Å². The Bertz CT molecular complexity index is 799. The molecule has 0 saturated heterocycles. The fourth-order valence-corrected chi connectivity index (χ4v) is 2.65. The number of hydrazone groups is 1. The van der Waals surface area contributed by atoms with Crippen molar-refractivity contribution in [2.75, 3.05) is 14.2 Å². The monoisotopic (exact) mass is 334 g/mol. The molecule has 1 N–H and O–H groups in total. The minimum atomic E-state index is -3.69. The Hall–Kier alpha value is -2.54. The van der Waals surface area contributed by atoms with Crippen molar-refractivity contribution in [1.29, 1.82) is 0 Å². The van der Waals surface area contributed by atoms with Gasteiger partial charge in [-0.05, 0) is 31.2 Å². The Morgan fingerprint density at radius 3 is 2.35 bits per heavy atom. The fraction of sp³-hybridized carbons (Fsp3) is 0.188. The topological polar surface area (TPSA) is 77.0 Å². The highest BCUT2D eigenvalue weighted by Gasteiger charge is 2.12. The largest absolute Gasteiger partial charge is 0.497 e. The standard InChI is InChI=1S/C16H18N2O4S/c1-12-4-8-15(9-5-12)23(19,20)18-17-11-13-6-7-14(21-2)10-16(13)22-3/h4-11,18H,1-3H3/b17-11+. The first kappa shape index (κ1) is 16.8. The molecule has 0 fully saturated rings. The van der Waals surface area contributed by atoms with Gasteiger partial charge < -0.3 is 9.47 Å². The van der Waals surface area contributed by atoms with Crippen molar-refractivity contribution in [2.24, 2.45) is 5.10 Å². The second kappa shape index (κ2) is 7.15. The molecule has 0 spiro atoms. The van der Waals surface area contributed by atoms with Crippen LogP contribution in [-0.2, 0) is 10.0 Å². The lowest BCUT2D eigenvalue weighted by atomic mass is 10.2. The van der Waals surface area contributed by atoms with Crippen molar-refractivity contribution in [1.82, 2.24) is 4.83 Å². The van der Waals surface area contributed by atoms with Crippen molar-refractivity contribution in [3.8, 4) is 11.5 Å². The molecule has 0 heterocycles. The number of nitrogens with zero attached hydrogens (tertiary/aromatic N) is 1. The van der Waals surface area contributed by atoms with Crippen LogP contribution < -0.4 is 14.3 Å². The molecule has 6 nitrogen and oxygen atoms in total. The van der Waals surface area contributed by atoms with Gasteiger partial charge in [0.25, 0.3) is 10.0 Å². The summed E-state index contributed by atoms with van der Waals surface area (Å²) in [6, 6.07) is 11.7. The van der Waals surface area contributed by atoms with E-state index in [-0.39, 0.29) is 4.90 Å². The van der Waals surface area contributed by atoms with Gasteiger partial charge in [-0.2, -0.15) is 13.5 Å². The molecular weight excluding hydrogens is 316 g/mol. The molecule has 7 heteroatoms. The number of methoxy groups -OCH3 is 2. The number of hydrogen-bond donors (Lipinski definition) is 1. The van der Waals surface area contributed by atoms with Crippen molar-refractivity contribution < 1.29 is 17.9 Å². The zero-order chi connectivity index (χ0) is 16.9. The van der Waals surface area contributed by atoms with Gasteiger partial charge in [0.05, 0.1) is 25.3 Å². The second-order valence-electron chi connectivity index (χ2n) is 4.77. The van der Waals surface area contributed by atoms with Crippen LogP contribution in [-0.4, -0.2) is 28.9 Å². The molecule has 0 amide bonds. The average Bonchev–Trinajstić information content (AvgIpc) is 2.55. The van der Waals surface area contributed by atoms with E-state index in [9.17, 15) is 8.42 Å². The number of sulfonamides is 1. The second-order valence-corrected chi connectivity index (χ2v) is 6.43. The van der Waals surface area contributed by atoms with Gasteiger partial charge in [-0.15, -0.1) is 0 Å². The number of hydrogen-bond acceptors (Lipinski definition) is 5. The minimum Gasteiger partial charge on any atom is -0.497 e. The zero-order valence-corrected chi connectivity index (χ0v) is 13.9. The highest BCUT2D eigenvalue weighted by atomic mass is 32.2. The molecule has 0 unspecified atom stereocenters. The summed E-state index contributed by atoms with van der Waals surface area (Å²) >= 11 is 0. The van der Waals surface area contributed by atoms with E-state index in [1.54, 1.807) is 37.4 Å². The molecule has 0 radical (unpaired) electrons. The molecule has 0 bridgehead atoms. The number of ether oxygens (including phenoxy) is 2. The number of benzene rings is 2. The van der Waals surface area contributed by atoms with E-state index in [0.29, 0.717) is 17.1 Å². The van der Waals surface area contributed by atoms with Gasteiger partial charge in [-0.3, -0.25) is 0 Å². The first-order chi connectivity index (χ1) is 11.0. The molecule has 0 saturated carbocycles. The predicted octanol–water partition coefficient (Wildman–Crippen LogP) is 2.32. The van der Waals surface area contributed by atoms with Crippen LogP contribution >= 0.6 is 0 Å². The lowest BCUT2D eigenvalue weighted by Crippen LogP contribution is -2.18. The van der Waals surface area contributed by atoms with Crippen molar-refractivity contribution >= 4 is 16.2 Å². The van der Waals surface area contributed by atoms with Crippen LogP contribution in [0.25, 0.3) is 0 Å².